The lowest BCUT2D eigenvalue weighted by molar-refractivity contribution is -0.140. The van der Waals surface area contributed by atoms with Gasteiger partial charge in [-0.15, -0.1) is 0 Å². The van der Waals surface area contributed by atoms with E-state index in [4.69, 9.17) is 0 Å². The summed E-state index contributed by atoms with van der Waals surface area (Å²) in [5, 5.41) is 2.80. The summed E-state index contributed by atoms with van der Waals surface area (Å²) in [7, 11) is 0. The maximum Gasteiger partial charge on any atom is 0.435 e. The summed E-state index contributed by atoms with van der Waals surface area (Å²) >= 11 is 0. The van der Waals surface area contributed by atoms with Crippen LogP contribution >= 0.6 is 0 Å². The minimum Gasteiger partial charge on any atom is -0.383 e. The molecule has 22 heavy (non-hydrogen) atoms. The lowest BCUT2D eigenvalue weighted by Crippen LogP contribution is -2.15. The van der Waals surface area contributed by atoms with E-state index in [9.17, 15) is 17.6 Å². The van der Waals surface area contributed by atoms with Crippen LogP contribution in [-0.2, 0) is 6.18 Å². The molecular formula is C15H13F4N3. The van der Waals surface area contributed by atoms with Gasteiger partial charge in [0.05, 0.1) is 17.6 Å². The minimum absolute atomic E-state index is 0.0382. The third-order valence-electron chi connectivity index (χ3n) is 3.44. The normalized spacial score (nSPS) is 14.9. The number of nitrogens with one attached hydrogen (secondary N) is 1. The van der Waals surface area contributed by atoms with Gasteiger partial charge in [0.2, 0.25) is 0 Å². The highest BCUT2D eigenvalue weighted by Crippen LogP contribution is 2.36. The Bertz CT molecular complexity index is 681. The van der Waals surface area contributed by atoms with Crippen molar-refractivity contribution >= 4 is 5.69 Å². The Labute approximate surface area is 124 Å². The molecule has 0 atom stereocenters. The fourth-order valence-corrected chi connectivity index (χ4v) is 2.11. The smallest absolute Gasteiger partial charge is 0.383 e. The summed E-state index contributed by atoms with van der Waals surface area (Å²) in [5.74, 6) is -0.183. The SMILES string of the molecule is Fc1cncc(-c2ccc(NCC3CC3)c(C(F)(F)F)n2)c1. The van der Waals surface area contributed by atoms with E-state index in [1.165, 1.54) is 18.3 Å². The highest BCUT2D eigenvalue weighted by Gasteiger charge is 2.36. The molecule has 3 rings (SSSR count). The molecule has 1 fully saturated rings. The lowest BCUT2D eigenvalue weighted by Gasteiger charge is -2.15. The fourth-order valence-electron chi connectivity index (χ4n) is 2.11. The standard InChI is InChI=1S/C15H13F4N3/c16-11-5-10(7-20-8-11)12-3-4-13(21-6-9-1-2-9)14(22-12)15(17,18)19/h3-5,7-9,21H,1-2,6H2. The average Bonchev–Trinajstić information content (AvgIpc) is 3.28. The summed E-state index contributed by atoms with van der Waals surface area (Å²) in [6.45, 7) is 0.506. The van der Waals surface area contributed by atoms with Gasteiger partial charge in [0.1, 0.15) is 5.82 Å². The molecule has 7 heteroatoms. The van der Waals surface area contributed by atoms with Crippen LogP contribution in [-0.4, -0.2) is 16.5 Å². The highest BCUT2D eigenvalue weighted by atomic mass is 19.4. The first-order chi connectivity index (χ1) is 10.4. The molecule has 0 saturated heterocycles. The van der Waals surface area contributed by atoms with Crippen LogP contribution in [0.4, 0.5) is 23.2 Å². The largest absolute Gasteiger partial charge is 0.435 e. The molecular weight excluding hydrogens is 298 g/mol. The van der Waals surface area contributed by atoms with Gasteiger partial charge in [0, 0.05) is 18.3 Å². The molecule has 3 nitrogen and oxygen atoms in total. The number of anilines is 1. The molecule has 1 saturated carbocycles. The maximum atomic E-state index is 13.2. The Balaban J connectivity index is 1.95. The minimum atomic E-state index is -4.58. The van der Waals surface area contributed by atoms with Gasteiger partial charge < -0.3 is 5.32 Å². The Morgan fingerprint density at radius 3 is 2.59 bits per heavy atom. The molecule has 116 valence electrons. The van der Waals surface area contributed by atoms with E-state index in [2.05, 4.69) is 15.3 Å². The van der Waals surface area contributed by atoms with E-state index in [1.807, 2.05) is 0 Å². The van der Waals surface area contributed by atoms with Crippen molar-refractivity contribution in [3.63, 3.8) is 0 Å². The molecule has 0 bridgehead atoms. The Hall–Kier alpha value is -2.18. The third kappa shape index (κ3) is 3.35. The lowest BCUT2D eigenvalue weighted by atomic mass is 10.1. The molecule has 0 aliphatic heterocycles. The summed E-state index contributed by atoms with van der Waals surface area (Å²) < 4.78 is 52.7. The first-order valence-electron chi connectivity index (χ1n) is 6.86. The molecule has 0 spiro atoms. The second-order valence-corrected chi connectivity index (χ2v) is 5.31. The predicted molar refractivity (Wildman–Crippen MR) is 73.6 cm³/mol. The van der Waals surface area contributed by atoms with Crippen LogP contribution in [0.5, 0.6) is 0 Å². The predicted octanol–water partition coefficient (Wildman–Crippen LogP) is 4.12. The Morgan fingerprint density at radius 2 is 1.95 bits per heavy atom. The molecule has 0 unspecified atom stereocenters. The van der Waals surface area contributed by atoms with Gasteiger partial charge in [-0.3, -0.25) is 4.98 Å². The summed E-state index contributed by atoms with van der Waals surface area (Å²) in [6, 6.07) is 3.87. The molecule has 0 radical (unpaired) electrons. The van der Waals surface area contributed by atoms with E-state index < -0.39 is 17.7 Å². The molecule has 0 aromatic carbocycles. The van der Waals surface area contributed by atoms with Gasteiger partial charge in [0.25, 0.3) is 0 Å². The van der Waals surface area contributed by atoms with Crippen molar-refractivity contribution in [3.05, 3.63) is 42.1 Å². The monoisotopic (exact) mass is 311 g/mol. The molecule has 2 heterocycles. The second-order valence-electron chi connectivity index (χ2n) is 5.31. The maximum absolute atomic E-state index is 13.2. The van der Waals surface area contributed by atoms with Gasteiger partial charge in [-0.1, -0.05) is 0 Å². The number of pyridine rings is 2. The van der Waals surface area contributed by atoms with Crippen LogP contribution in [0.1, 0.15) is 18.5 Å². The Morgan fingerprint density at radius 1 is 1.18 bits per heavy atom. The van der Waals surface area contributed by atoms with Crippen molar-refractivity contribution in [2.45, 2.75) is 19.0 Å². The number of alkyl halides is 3. The molecule has 2 aromatic rings. The first-order valence-corrected chi connectivity index (χ1v) is 6.86. The number of halogens is 4. The van der Waals surface area contributed by atoms with E-state index in [0.717, 1.165) is 25.1 Å². The van der Waals surface area contributed by atoms with Gasteiger partial charge in [0.15, 0.2) is 5.69 Å². The van der Waals surface area contributed by atoms with Crippen molar-refractivity contribution in [3.8, 4) is 11.3 Å². The number of hydrogen-bond donors (Lipinski definition) is 1. The highest BCUT2D eigenvalue weighted by molar-refractivity contribution is 5.62. The van der Waals surface area contributed by atoms with Crippen LogP contribution in [0.25, 0.3) is 11.3 Å². The van der Waals surface area contributed by atoms with Crippen LogP contribution in [0.2, 0.25) is 0 Å². The zero-order valence-corrected chi connectivity index (χ0v) is 11.5. The summed E-state index contributed by atoms with van der Waals surface area (Å²) in [4.78, 5) is 7.29. The third-order valence-corrected chi connectivity index (χ3v) is 3.44. The van der Waals surface area contributed by atoms with Crippen LogP contribution in [0.3, 0.4) is 0 Å². The van der Waals surface area contributed by atoms with Crippen molar-refractivity contribution in [1.29, 1.82) is 0 Å². The molecule has 2 aromatic heterocycles. The fraction of sp³-hybridized carbons (Fsp3) is 0.333. The summed E-state index contributed by atoms with van der Waals surface area (Å²) in [5.41, 5.74) is -0.794. The van der Waals surface area contributed by atoms with Gasteiger partial charge in [-0.25, -0.2) is 9.37 Å². The number of hydrogen-bond acceptors (Lipinski definition) is 3. The van der Waals surface area contributed by atoms with Crippen molar-refractivity contribution in [1.82, 2.24) is 9.97 Å². The van der Waals surface area contributed by atoms with E-state index in [1.54, 1.807) is 0 Å². The Kier molecular flexibility index (Phi) is 3.72. The van der Waals surface area contributed by atoms with Gasteiger partial charge in [-0.2, -0.15) is 13.2 Å². The quantitative estimate of drug-likeness (QED) is 0.863. The molecule has 1 aliphatic rings. The zero-order chi connectivity index (χ0) is 15.7. The van der Waals surface area contributed by atoms with Gasteiger partial charge >= 0.3 is 6.18 Å². The molecule has 1 N–H and O–H groups in total. The van der Waals surface area contributed by atoms with Crippen molar-refractivity contribution in [2.24, 2.45) is 5.92 Å². The summed E-state index contributed by atoms with van der Waals surface area (Å²) in [6.07, 6.45) is -0.241. The second kappa shape index (κ2) is 5.55. The topological polar surface area (TPSA) is 37.8 Å². The van der Waals surface area contributed by atoms with Gasteiger partial charge in [-0.05, 0) is 37.0 Å². The van der Waals surface area contributed by atoms with Crippen LogP contribution < -0.4 is 5.32 Å². The average molecular weight is 311 g/mol. The van der Waals surface area contributed by atoms with Crippen LogP contribution in [0.15, 0.2) is 30.6 Å². The van der Waals surface area contributed by atoms with Crippen molar-refractivity contribution < 1.29 is 17.6 Å². The van der Waals surface area contributed by atoms with E-state index in [-0.39, 0.29) is 16.9 Å². The molecule has 1 aliphatic carbocycles. The van der Waals surface area contributed by atoms with E-state index >= 15 is 0 Å². The van der Waals surface area contributed by atoms with E-state index in [0.29, 0.717) is 12.5 Å². The van der Waals surface area contributed by atoms with Crippen molar-refractivity contribution in [2.75, 3.05) is 11.9 Å². The number of nitrogens with zero attached hydrogens (tertiary/aromatic N) is 2. The number of rotatable bonds is 4. The first kappa shape index (κ1) is 14.7. The number of aromatic nitrogens is 2. The van der Waals surface area contributed by atoms with Crippen LogP contribution in [0, 0.1) is 11.7 Å². The zero-order valence-electron chi connectivity index (χ0n) is 11.5. The molecule has 0 amide bonds.